The van der Waals surface area contributed by atoms with Gasteiger partial charge in [0.2, 0.25) is 0 Å². The molecular formula is C14H10ClNO5S. The number of rotatable bonds is 3. The quantitative estimate of drug-likeness (QED) is 0.745. The summed E-state index contributed by atoms with van der Waals surface area (Å²) in [7, 11) is 0. The first kappa shape index (κ1) is 16.0. The summed E-state index contributed by atoms with van der Waals surface area (Å²) in [5, 5.41) is 20.2. The third-order valence-electron chi connectivity index (χ3n) is 2.77. The molecule has 0 saturated carbocycles. The van der Waals surface area contributed by atoms with Gasteiger partial charge in [0.15, 0.2) is 0 Å². The number of halogens is 1. The molecule has 0 fully saturated rings. The van der Waals surface area contributed by atoms with E-state index in [-0.39, 0.29) is 10.6 Å². The summed E-state index contributed by atoms with van der Waals surface area (Å²) in [4.78, 5) is 33.5. The van der Waals surface area contributed by atoms with Crippen LogP contribution < -0.4 is 5.32 Å². The second-order valence-electron chi connectivity index (χ2n) is 4.40. The Morgan fingerprint density at radius 1 is 1.18 bits per heavy atom. The number of amides is 1. The van der Waals surface area contributed by atoms with Crippen molar-refractivity contribution in [3.8, 4) is 10.4 Å². The lowest BCUT2D eigenvalue weighted by molar-refractivity contribution is -0.147. The summed E-state index contributed by atoms with van der Waals surface area (Å²) >= 11 is 7.09. The zero-order chi connectivity index (χ0) is 16.4. The van der Waals surface area contributed by atoms with Crippen molar-refractivity contribution < 1.29 is 24.6 Å². The first-order chi connectivity index (χ1) is 10.3. The highest BCUT2D eigenvalue weighted by atomic mass is 35.5. The van der Waals surface area contributed by atoms with E-state index >= 15 is 0 Å². The molecule has 0 radical (unpaired) electrons. The summed E-state index contributed by atoms with van der Waals surface area (Å²) in [6.45, 7) is 1.87. The molecule has 1 aromatic heterocycles. The van der Waals surface area contributed by atoms with Crippen LogP contribution >= 0.6 is 22.9 Å². The number of carboxylic acid groups (broad SMARTS) is 2. The maximum atomic E-state index is 11.2. The fourth-order valence-corrected chi connectivity index (χ4v) is 3.23. The highest BCUT2D eigenvalue weighted by molar-refractivity contribution is 7.20. The van der Waals surface area contributed by atoms with Crippen molar-refractivity contribution in [2.24, 2.45) is 0 Å². The molecule has 1 aromatic carbocycles. The molecule has 1 heterocycles. The van der Waals surface area contributed by atoms with E-state index in [1.807, 2.05) is 13.0 Å². The van der Waals surface area contributed by atoms with Crippen molar-refractivity contribution in [2.75, 3.05) is 5.32 Å². The van der Waals surface area contributed by atoms with Gasteiger partial charge in [-0.05, 0) is 24.6 Å². The van der Waals surface area contributed by atoms with Crippen molar-refractivity contribution in [3.05, 3.63) is 40.4 Å². The zero-order valence-corrected chi connectivity index (χ0v) is 12.8. The third-order valence-corrected chi connectivity index (χ3v) is 4.17. The molecule has 0 aliphatic rings. The lowest BCUT2D eigenvalue weighted by atomic mass is 10.1. The molecule has 2 aromatic rings. The van der Waals surface area contributed by atoms with Crippen LogP contribution in [0.2, 0.25) is 5.02 Å². The number of hydrogen-bond acceptors (Lipinski definition) is 4. The Balaban J connectivity index is 2.48. The van der Waals surface area contributed by atoms with Gasteiger partial charge in [-0.1, -0.05) is 23.7 Å². The number of aromatic carboxylic acids is 1. The van der Waals surface area contributed by atoms with E-state index < -0.39 is 17.8 Å². The standard InChI is InChI=1S/C14H10ClNO5S/c1-6-2-3-7(9(15)4-6)10-5-8(13(18)19)12(22-10)16-11(17)14(20)21/h2-5H,1H3,(H,16,17)(H,18,19)(H,20,21). The van der Waals surface area contributed by atoms with Gasteiger partial charge >= 0.3 is 17.8 Å². The normalized spacial score (nSPS) is 10.3. The van der Waals surface area contributed by atoms with Gasteiger partial charge in [0.25, 0.3) is 0 Å². The first-order valence-electron chi connectivity index (χ1n) is 5.97. The maximum Gasteiger partial charge on any atom is 0.394 e. The van der Waals surface area contributed by atoms with E-state index in [4.69, 9.17) is 21.8 Å². The average Bonchev–Trinajstić information content (AvgIpc) is 2.82. The molecule has 0 saturated heterocycles. The van der Waals surface area contributed by atoms with Crippen LogP contribution in [0.4, 0.5) is 5.00 Å². The molecule has 6 nitrogen and oxygen atoms in total. The van der Waals surface area contributed by atoms with Crippen LogP contribution in [0.15, 0.2) is 24.3 Å². The number of carbonyl (C=O) groups excluding carboxylic acids is 1. The van der Waals surface area contributed by atoms with Crippen molar-refractivity contribution in [1.82, 2.24) is 0 Å². The Morgan fingerprint density at radius 3 is 2.41 bits per heavy atom. The summed E-state index contributed by atoms with van der Waals surface area (Å²) in [6.07, 6.45) is 0. The van der Waals surface area contributed by atoms with E-state index in [1.165, 1.54) is 6.07 Å². The van der Waals surface area contributed by atoms with Crippen LogP contribution in [0.3, 0.4) is 0 Å². The molecule has 0 bridgehead atoms. The molecule has 0 unspecified atom stereocenters. The van der Waals surface area contributed by atoms with Crippen LogP contribution in [-0.4, -0.2) is 28.1 Å². The molecule has 0 spiro atoms. The number of carboxylic acids is 2. The van der Waals surface area contributed by atoms with Crippen molar-refractivity contribution in [3.63, 3.8) is 0 Å². The van der Waals surface area contributed by atoms with Gasteiger partial charge < -0.3 is 15.5 Å². The second-order valence-corrected chi connectivity index (χ2v) is 5.86. The van der Waals surface area contributed by atoms with Crippen LogP contribution in [-0.2, 0) is 9.59 Å². The Bertz CT molecular complexity index is 784. The van der Waals surface area contributed by atoms with Gasteiger partial charge in [-0.25, -0.2) is 9.59 Å². The summed E-state index contributed by atoms with van der Waals surface area (Å²) in [5.74, 6) is -4.27. The molecule has 0 atom stereocenters. The molecular weight excluding hydrogens is 330 g/mol. The molecule has 114 valence electrons. The predicted molar refractivity (Wildman–Crippen MR) is 82.7 cm³/mol. The minimum atomic E-state index is -1.69. The van der Waals surface area contributed by atoms with Crippen molar-refractivity contribution in [2.45, 2.75) is 6.92 Å². The second kappa shape index (κ2) is 6.17. The Kier molecular flexibility index (Phi) is 4.48. The van der Waals surface area contributed by atoms with Gasteiger partial charge in [-0.3, -0.25) is 4.79 Å². The van der Waals surface area contributed by atoms with Gasteiger partial charge in [0.1, 0.15) is 5.00 Å². The van der Waals surface area contributed by atoms with E-state index in [0.717, 1.165) is 16.9 Å². The summed E-state index contributed by atoms with van der Waals surface area (Å²) in [5.41, 5.74) is 1.37. The largest absolute Gasteiger partial charge is 0.478 e. The maximum absolute atomic E-state index is 11.2. The monoisotopic (exact) mass is 339 g/mol. The van der Waals surface area contributed by atoms with E-state index in [2.05, 4.69) is 5.32 Å². The van der Waals surface area contributed by atoms with Gasteiger partial charge in [0, 0.05) is 15.5 Å². The Morgan fingerprint density at radius 2 is 1.86 bits per heavy atom. The van der Waals surface area contributed by atoms with Crippen LogP contribution in [0, 0.1) is 6.92 Å². The summed E-state index contributed by atoms with van der Waals surface area (Å²) < 4.78 is 0. The lowest BCUT2D eigenvalue weighted by Crippen LogP contribution is -2.22. The molecule has 3 N–H and O–H groups in total. The van der Waals surface area contributed by atoms with Crippen molar-refractivity contribution >= 4 is 45.8 Å². The Hall–Kier alpha value is -2.38. The zero-order valence-electron chi connectivity index (χ0n) is 11.2. The smallest absolute Gasteiger partial charge is 0.394 e. The minimum absolute atomic E-state index is 0.0495. The van der Waals surface area contributed by atoms with Crippen LogP contribution in [0.5, 0.6) is 0 Å². The lowest BCUT2D eigenvalue weighted by Gasteiger charge is -2.02. The van der Waals surface area contributed by atoms with Crippen molar-refractivity contribution in [1.29, 1.82) is 0 Å². The third kappa shape index (κ3) is 3.26. The molecule has 22 heavy (non-hydrogen) atoms. The highest BCUT2D eigenvalue weighted by Crippen LogP contribution is 2.38. The summed E-state index contributed by atoms with van der Waals surface area (Å²) in [6, 6.07) is 6.63. The first-order valence-corrected chi connectivity index (χ1v) is 7.17. The Labute approximate surface area is 134 Å². The number of aliphatic carboxylic acids is 1. The molecule has 2 rings (SSSR count). The molecule has 0 aliphatic carbocycles. The number of benzene rings is 1. The van der Waals surface area contributed by atoms with E-state index in [0.29, 0.717) is 15.5 Å². The predicted octanol–water partition coefficient (Wildman–Crippen LogP) is 3.10. The highest BCUT2D eigenvalue weighted by Gasteiger charge is 2.21. The van der Waals surface area contributed by atoms with Gasteiger partial charge in [-0.2, -0.15) is 0 Å². The van der Waals surface area contributed by atoms with Gasteiger partial charge in [0.05, 0.1) is 5.56 Å². The molecule has 0 aliphatic heterocycles. The number of aryl methyl sites for hydroxylation is 1. The van der Waals surface area contributed by atoms with E-state index in [9.17, 15) is 14.4 Å². The number of hydrogen-bond donors (Lipinski definition) is 3. The van der Waals surface area contributed by atoms with Crippen LogP contribution in [0.1, 0.15) is 15.9 Å². The van der Waals surface area contributed by atoms with Gasteiger partial charge in [-0.15, -0.1) is 11.3 Å². The topological polar surface area (TPSA) is 104 Å². The fraction of sp³-hybridized carbons (Fsp3) is 0.0714. The molecule has 8 heteroatoms. The number of nitrogens with one attached hydrogen (secondary N) is 1. The number of thiophene rings is 1. The minimum Gasteiger partial charge on any atom is -0.478 e. The fourth-order valence-electron chi connectivity index (χ4n) is 1.75. The number of anilines is 1. The average molecular weight is 340 g/mol. The number of carbonyl (C=O) groups is 3. The molecule has 1 amide bonds. The van der Waals surface area contributed by atoms with Crippen LogP contribution in [0.25, 0.3) is 10.4 Å². The SMILES string of the molecule is Cc1ccc(-c2cc(C(=O)O)c(NC(=O)C(=O)O)s2)c(Cl)c1. The van der Waals surface area contributed by atoms with E-state index in [1.54, 1.807) is 12.1 Å².